The van der Waals surface area contributed by atoms with Crippen LogP contribution < -0.4 is 14.8 Å². The van der Waals surface area contributed by atoms with Gasteiger partial charge in [-0.05, 0) is 81.2 Å². The van der Waals surface area contributed by atoms with Crippen LogP contribution in [0.1, 0.15) is 24.2 Å². The van der Waals surface area contributed by atoms with E-state index >= 15 is 0 Å². The molecular weight excluding hydrogens is 728 g/mol. The highest BCUT2D eigenvalue weighted by molar-refractivity contribution is 9.69. The molecule has 3 heterocycles. The minimum atomic E-state index is 0.271. The molecule has 0 amide bonds. The maximum absolute atomic E-state index is 6.46. The second-order valence-electron chi connectivity index (χ2n) is 9.05. The third-order valence-corrected chi connectivity index (χ3v) is 6.48. The maximum atomic E-state index is 6.46. The molecule has 2 aromatic carbocycles. The number of methoxy groups -OCH3 is 1. The van der Waals surface area contributed by atoms with Gasteiger partial charge in [0.25, 0.3) is 0 Å². The van der Waals surface area contributed by atoms with Crippen LogP contribution in [0.15, 0.2) is 36.4 Å². The van der Waals surface area contributed by atoms with Gasteiger partial charge in [-0.2, -0.15) is 4.98 Å². The number of ether oxygens (including phenoxy) is 2. The first-order valence-electron chi connectivity index (χ1n) is 12.6. The lowest BCUT2D eigenvalue weighted by Gasteiger charge is -2.15. The van der Waals surface area contributed by atoms with Crippen LogP contribution in [0.2, 0.25) is 5.02 Å². The number of likely N-dealkylation sites (tertiary alicyclic amines) is 1. The Labute approximate surface area is 263 Å². The van der Waals surface area contributed by atoms with Crippen molar-refractivity contribution in [2.24, 2.45) is 0 Å². The average molecular weight is 757 g/mol. The van der Waals surface area contributed by atoms with Crippen LogP contribution in [0.3, 0.4) is 0 Å². The van der Waals surface area contributed by atoms with E-state index in [4.69, 9.17) is 21.1 Å². The first-order chi connectivity index (χ1) is 19.2. The summed E-state index contributed by atoms with van der Waals surface area (Å²) in [6.45, 7) is 7.57. The van der Waals surface area contributed by atoms with Crippen molar-refractivity contribution in [2.75, 3.05) is 38.7 Å². The zero-order valence-corrected chi connectivity index (χ0v) is 27.8. The van der Waals surface area contributed by atoms with Gasteiger partial charge in [-0.25, -0.2) is 9.97 Å². The van der Waals surface area contributed by atoms with Gasteiger partial charge in [-0.3, -0.25) is 4.90 Å². The number of nitrogens with zero attached hydrogens (tertiary/aromatic N) is 6. The highest BCUT2D eigenvalue weighted by atomic mass is 79.9. The van der Waals surface area contributed by atoms with E-state index in [2.05, 4.69) is 82.6 Å². The lowest BCUT2D eigenvalue weighted by atomic mass is 10.0. The summed E-state index contributed by atoms with van der Waals surface area (Å²) in [5.41, 5.74) is 4.13. The molecule has 40 heavy (non-hydrogen) atoms. The van der Waals surface area contributed by atoms with Crippen molar-refractivity contribution in [3.63, 3.8) is 0 Å². The quantitative estimate of drug-likeness (QED) is 0.188. The number of aromatic nitrogens is 5. The zero-order valence-electron chi connectivity index (χ0n) is 22.3. The number of rotatable bonds is 8. The normalized spacial score (nSPS) is 13.1. The van der Waals surface area contributed by atoms with Gasteiger partial charge >= 0.3 is 3.18 Å². The van der Waals surface area contributed by atoms with Gasteiger partial charge < -0.3 is 14.8 Å². The molecule has 5 rings (SSSR count). The van der Waals surface area contributed by atoms with E-state index < -0.39 is 0 Å². The Bertz CT molecular complexity index is 1460. The standard InChI is InChI=1S/C26H28ClN7O2.BBr3/c1-16-12-18(20-14-19(35-3)6-7-21(20)27)13-22-25(16)31-26(33-32-22)30-23-15-24(29-17(2)28-23)36-11-10-34-8-4-5-9-34;2-1(3)4/h6-7,12-15H,4-5,8-11H2,1-3H3,(H,28,29,30,31,33);. The summed E-state index contributed by atoms with van der Waals surface area (Å²) in [4.78, 5) is 15.9. The fourth-order valence-electron chi connectivity index (χ4n) is 4.35. The Hall–Kier alpha value is -2.06. The molecule has 2 aromatic heterocycles. The van der Waals surface area contributed by atoms with Gasteiger partial charge in [0.2, 0.25) is 11.8 Å². The summed E-state index contributed by atoms with van der Waals surface area (Å²) < 4.78 is 11.5. The molecule has 0 spiro atoms. The van der Waals surface area contributed by atoms with E-state index in [1.54, 1.807) is 13.2 Å². The second-order valence-corrected chi connectivity index (χ2v) is 15.9. The molecule has 0 unspecified atom stereocenters. The van der Waals surface area contributed by atoms with Crippen LogP contribution in [0.4, 0.5) is 11.8 Å². The number of hydrogen-bond donors (Lipinski definition) is 1. The van der Waals surface area contributed by atoms with Gasteiger partial charge in [0.15, 0.2) is 0 Å². The summed E-state index contributed by atoms with van der Waals surface area (Å²) >= 11 is 15.8. The van der Waals surface area contributed by atoms with Crippen LogP contribution in [0, 0.1) is 13.8 Å². The number of halogens is 4. The molecule has 0 bridgehead atoms. The van der Waals surface area contributed by atoms with Crippen LogP contribution in [-0.4, -0.2) is 66.6 Å². The molecule has 1 N–H and O–H groups in total. The number of fused-ring (bicyclic) bond motifs is 1. The van der Waals surface area contributed by atoms with Gasteiger partial charge in [0.1, 0.15) is 29.5 Å². The van der Waals surface area contributed by atoms with Crippen molar-refractivity contribution in [3.05, 3.63) is 52.8 Å². The first kappa shape index (κ1) is 30.9. The van der Waals surface area contributed by atoms with Crippen molar-refractivity contribution in [1.82, 2.24) is 30.0 Å². The third kappa shape index (κ3) is 8.72. The van der Waals surface area contributed by atoms with Crippen molar-refractivity contribution in [1.29, 1.82) is 0 Å². The van der Waals surface area contributed by atoms with E-state index in [9.17, 15) is 0 Å². The first-order valence-corrected chi connectivity index (χ1v) is 15.7. The highest BCUT2D eigenvalue weighted by Crippen LogP contribution is 2.34. The molecule has 14 heteroatoms. The average Bonchev–Trinajstić information content (AvgIpc) is 3.42. The number of benzene rings is 2. The van der Waals surface area contributed by atoms with E-state index in [1.165, 1.54) is 12.8 Å². The minimum Gasteiger partial charge on any atom is -0.497 e. The predicted molar refractivity (Wildman–Crippen MR) is 173 cm³/mol. The third-order valence-electron chi connectivity index (χ3n) is 6.15. The summed E-state index contributed by atoms with van der Waals surface area (Å²) in [5, 5.41) is 12.4. The minimum absolute atomic E-state index is 0.271. The smallest absolute Gasteiger partial charge is 0.369 e. The molecule has 0 saturated carbocycles. The zero-order chi connectivity index (χ0) is 28.6. The van der Waals surface area contributed by atoms with E-state index in [0.29, 0.717) is 40.6 Å². The topological polar surface area (TPSA) is 98.2 Å². The lowest BCUT2D eigenvalue weighted by Crippen LogP contribution is -2.25. The van der Waals surface area contributed by atoms with E-state index in [0.717, 1.165) is 47.6 Å². The lowest BCUT2D eigenvalue weighted by molar-refractivity contribution is 0.231. The summed E-state index contributed by atoms with van der Waals surface area (Å²) in [6.07, 6.45) is 2.52. The van der Waals surface area contributed by atoms with Gasteiger partial charge in [-0.1, -0.05) is 11.6 Å². The van der Waals surface area contributed by atoms with Crippen molar-refractivity contribution >= 4 is 84.9 Å². The Balaban J connectivity index is 0.000000867. The fraction of sp³-hybridized carbons (Fsp3) is 0.346. The Morgan fingerprint density at radius 1 is 1.00 bits per heavy atom. The number of aryl methyl sites for hydroxylation is 2. The SMILES string of the molecule is BrB(Br)Br.COc1ccc(Cl)c(-c2cc(C)c3nc(Nc4cc(OCCN5CCCC5)nc(C)n4)nnc3c2)c1. The van der Waals surface area contributed by atoms with Crippen LogP contribution in [-0.2, 0) is 0 Å². The Morgan fingerprint density at radius 2 is 1.75 bits per heavy atom. The maximum Gasteiger partial charge on any atom is 0.369 e. The van der Waals surface area contributed by atoms with Crippen molar-refractivity contribution in [3.8, 4) is 22.8 Å². The van der Waals surface area contributed by atoms with E-state index in [1.807, 2.05) is 44.2 Å². The molecule has 1 aliphatic heterocycles. The Kier molecular flexibility index (Phi) is 11.4. The molecule has 0 aliphatic carbocycles. The molecule has 4 aromatic rings. The molecular formula is C26H28BBr3ClN7O2. The fourth-order valence-corrected chi connectivity index (χ4v) is 4.58. The monoisotopic (exact) mass is 753 g/mol. The van der Waals surface area contributed by atoms with Crippen molar-refractivity contribution < 1.29 is 9.47 Å². The van der Waals surface area contributed by atoms with Gasteiger partial charge in [-0.15, -0.1) is 57.5 Å². The Morgan fingerprint density at radius 3 is 2.48 bits per heavy atom. The summed E-state index contributed by atoms with van der Waals surface area (Å²) in [6, 6.07) is 11.3. The number of anilines is 2. The molecule has 1 fully saturated rings. The van der Waals surface area contributed by atoms with Crippen molar-refractivity contribution in [2.45, 2.75) is 26.7 Å². The van der Waals surface area contributed by atoms with Crippen LogP contribution in [0.5, 0.6) is 11.6 Å². The van der Waals surface area contributed by atoms with Gasteiger partial charge in [0.05, 0.1) is 12.6 Å². The molecule has 1 aliphatic rings. The molecule has 210 valence electrons. The summed E-state index contributed by atoms with van der Waals surface area (Å²) in [5.74, 6) is 2.75. The second kappa shape index (κ2) is 14.7. The largest absolute Gasteiger partial charge is 0.497 e. The van der Waals surface area contributed by atoms with Crippen LogP contribution >= 0.6 is 58.9 Å². The molecule has 0 atom stereocenters. The number of hydrogen-bond acceptors (Lipinski definition) is 9. The van der Waals surface area contributed by atoms with Gasteiger partial charge in [0, 0.05) is 23.2 Å². The molecule has 1 saturated heterocycles. The number of nitrogens with one attached hydrogen (secondary N) is 1. The van der Waals surface area contributed by atoms with Crippen LogP contribution in [0.25, 0.3) is 22.2 Å². The van der Waals surface area contributed by atoms with E-state index in [-0.39, 0.29) is 3.18 Å². The summed E-state index contributed by atoms with van der Waals surface area (Å²) in [7, 11) is 1.63. The molecule has 9 nitrogen and oxygen atoms in total. The highest BCUT2D eigenvalue weighted by Gasteiger charge is 2.14. The molecule has 0 radical (unpaired) electrons. The predicted octanol–water partition coefficient (Wildman–Crippen LogP) is 7.13.